The van der Waals surface area contributed by atoms with Gasteiger partial charge in [-0.1, -0.05) is 20.8 Å². The molecule has 1 N–H and O–H groups in total. The lowest BCUT2D eigenvalue weighted by Crippen LogP contribution is -2.18. The molecular weight excluding hydrogens is 244 g/mol. The molecule has 1 aromatic rings. The van der Waals surface area contributed by atoms with Crippen molar-refractivity contribution in [2.75, 3.05) is 13.2 Å². The van der Waals surface area contributed by atoms with Crippen molar-refractivity contribution in [3.8, 4) is 0 Å². The number of hydrogen-bond donors (Lipinski definition) is 1. The van der Waals surface area contributed by atoms with Crippen molar-refractivity contribution >= 4 is 11.3 Å². The minimum Gasteiger partial charge on any atom is -0.372 e. The maximum absolute atomic E-state index is 5.61. The highest BCUT2D eigenvalue weighted by atomic mass is 32.1. The van der Waals surface area contributed by atoms with E-state index >= 15 is 0 Å². The van der Waals surface area contributed by atoms with Crippen LogP contribution in [0.25, 0.3) is 0 Å². The smallest absolute Gasteiger partial charge is 0.122 e. The van der Waals surface area contributed by atoms with Crippen LogP contribution in [0.1, 0.15) is 56.3 Å². The molecule has 0 aliphatic heterocycles. The first-order valence-electron chi connectivity index (χ1n) is 6.89. The first-order valence-corrected chi connectivity index (χ1v) is 7.70. The fourth-order valence-corrected chi connectivity index (χ4v) is 2.91. The Morgan fingerprint density at radius 3 is 2.56 bits per heavy atom. The molecule has 3 nitrogen and oxygen atoms in total. The van der Waals surface area contributed by atoms with E-state index in [2.05, 4.69) is 33.0 Å². The van der Waals surface area contributed by atoms with Gasteiger partial charge in [0.15, 0.2) is 0 Å². The monoisotopic (exact) mass is 270 g/mol. The summed E-state index contributed by atoms with van der Waals surface area (Å²) in [6, 6.07) is 0. The van der Waals surface area contributed by atoms with Gasteiger partial charge >= 0.3 is 0 Å². The molecule has 0 radical (unpaired) electrons. The highest BCUT2D eigenvalue weighted by molar-refractivity contribution is 7.11. The molecule has 1 rings (SSSR count). The second kappa shape index (κ2) is 7.87. The van der Waals surface area contributed by atoms with E-state index in [9.17, 15) is 0 Å². The van der Waals surface area contributed by atoms with E-state index in [1.807, 2.05) is 6.92 Å². The van der Waals surface area contributed by atoms with Crippen molar-refractivity contribution < 1.29 is 4.74 Å². The molecule has 0 saturated heterocycles. The molecule has 0 fully saturated rings. The topological polar surface area (TPSA) is 34.1 Å². The van der Waals surface area contributed by atoms with Gasteiger partial charge in [-0.25, -0.2) is 4.98 Å². The second-order valence-electron chi connectivity index (χ2n) is 4.90. The average molecular weight is 270 g/mol. The van der Waals surface area contributed by atoms with Gasteiger partial charge in [0, 0.05) is 18.0 Å². The molecule has 1 heterocycles. The maximum atomic E-state index is 5.61. The molecular formula is C14H26N2OS. The van der Waals surface area contributed by atoms with Gasteiger partial charge in [-0.05, 0) is 32.7 Å². The van der Waals surface area contributed by atoms with Gasteiger partial charge in [0.25, 0.3) is 0 Å². The molecule has 1 atom stereocenters. The Bertz CT molecular complexity index is 350. The van der Waals surface area contributed by atoms with Crippen molar-refractivity contribution in [3.05, 3.63) is 15.6 Å². The van der Waals surface area contributed by atoms with E-state index in [0.29, 0.717) is 5.92 Å². The van der Waals surface area contributed by atoms with Gasteiger partial charge in [0.1, 0.15) is 11.1 Å². The standard InChI is InChI=1S/C14H26N2OS/c1-6-12-13(9-15-8-10(3)4)18-14(16-12)11(5)17-7-2/h10-11,15H,6-9H2,1-5H3. The molecule has 0 amide bonds. The average Bonchev–Trinajstić information content (AvgIpc) is 2.72. The van der Waals surface area contributed by atoms with Gasteiger partial charge in [-0.3, -0.25) is 0 Å². The van der Waals surface area contributed by atoms with E-state index in [1.165, 1.54) is 10.6 Å². The molecule has 0 aliphatic carbocycles. The van der Waals surface area contributed by atoms with E-state index in [4.69, 9.17) is 9.72 Å². The van der Waals surface area contributed by atoms with Gasteiger partial charge in [-0.15, -0.1) is 11.3 Å². The summed E-state index contributed by atoms with van der Waals surface area (Å²) in [5.41, 5.74) is 1.22. The highest BCUT2D eigenvalue weighted by Crippen LogP contribution is 2.26. The van der Waals surface area contributed by atoms with Crippen LogP contribution in [0.5, 0.6) is 0 Å². The number of aromatic nitrogens is 1. The molecule has 1 unspecified atom stereocenters. The Kier molecular flexibility index (Phi) is 6.82. The fraction of sp³-hybridized carbons (Fsp3) is 0.786. The third-order valence-electron chi connectivity index (χ3n) is 2.73. The lowest BCUT2D eigenvalue weighted by molar-refractivity contribution is 0.0761. The molecule has 0 bridgehead atoms. The number of nitrogens with zero attached hydrogens (tertiary/aromatic N) is 1. The Morgan fingerprint density at radius 2 is 2.00 bits per heavy atom. The Balaban J connectivity index is 2.65. The summed E-state index contributed by atoms with van der Waals surface area (Å²) in [5.74, 6) is 0.685. The molecule has 18 heavy (non-hydrogen) atoms. The van der Waals surface area contributed by atoms with E-state index < -0.39 is 0 Å². The van der Waals surface area contributed by atoms with Gasteiger partial charge in [0.05, 0.1) is 5.69 Å². The third-order valence-corrected chi connectivity index (χ3v) is 3.99. The zero-order valence-electron chi connectivity index (χ0n) is 12.2. The van der Waals surface area contributed by atoms with E-state index in [-0.39, 0.29) is 6.10 Å². The maximum Gasteiger partial charge on any atom is 0.122 e. The molecule has 0 spiro atoms. The summed E-state index contributed by atoms with van der Waals surface area (Å²) < 4.78 is 5.61. The van der Waals surface area contributed by atoms with Crippen molar-refractivity contribution in [2.45, 2.75) is 53.7 Å². The van der Waals surface area contributed by atoms with Crippen LogP contribution in [-0.2, 0) is 17.7 Å². The largest absolute Gasteiger partial charge is 0.372 e. The quantitative estimate of drug-likeness (QED) is 0.784. The van der Waals surface area contributed by atoms with Crippen LogP contribution >= 0.6 is 11.3 Å². The zero-order chi connectivity index (χ0) is 13.5. The predicted octanol–water partition coefficient (Wildman–Crippen LogP) is 3.55. The number of nitrogens with one attached hydrogen (secondary N) is 1. The van der Waals surface area contributed by atoms with Crippen molar-refractivity contribution in [3.63, 3.8) is 0 Å². The van der Waals surface area contributed by atoms with E-state index in [1.54, 1.807) is 11.3 Å². The second-order valence-corrected chi connectivity index (χ2v) is 6.01. The van der Waals surface area contributed by atoms with E-state index in [0.717, 1.165) is 31.1 Å². The number of thiazole rings is 1. The minimum absolute atomic E-state index is 0.115. The molecule has 104 valence electrons. The normalized spacial score (nSPS) is 13.2. The van der Waals surface area contributed by atoms with Crippen LogP contribution in [0, 0.1) is 5.92 Å². The summed E-state index contributed by atoms with van der Waals surface area (Å²) in [7, 11) is 0. The van der Waals surface area contributed by atoms with Crippen molar-refractivity contribution in [2.24, 2.45) is 5.92 Å². The van der Waals surface area contributed by atoms with Crippen LogP contribution in [0.3, 0.4) is 0 Å². The Labute approximate surface area is 115 Å². The number of rotatable bonds is 8. The molecule has 1 aromatic heterocycles. The predicted molar refractivity (Wildman–Crippen MR) is 78.1 cm³/mol. The Morgan fingerprint density at radius 1 is 1.28 bits per heavy atom. The van der Waals surface area contributed by atoms with Gasteiger partial charge < -0.3 is 10.1 Å². The van der Waals surface area contributed by atoms with Crippen LogP contribution in [-0.4, -0.2) is 18.1 Å². The number of ether oxygens (including phenoxy) is 1. The molecule has 0 aromatic carbocycles. The van der Waals surface area contributed by atoms with Crippen LogP contribution in [0.4, 0.5) is 0 Å². The molecule has 0 saturated carbocycles. The lowest BCUT2D eigenvalue weighted by Gasteiger charge is -2.07. The Hall–Kier alpha value is -0.450. The number of aryl methyl sites for hydroxylation is 1. The van der Waals surface area contributed by atoms with Gasteiger partial charge in [0.2, 0.25) is 0 Å². The van der Waals surface area contributed by atoms with Crippen LogP contribution in [0.2, 0.25) is 0 Å². The molecule has 4 heteroatoms. The summed E-state index contributed by atoms with van der Waals surface area (Å²) in [6.45, 7) is 13.4. The zero-order valence-corrected chi connectivity index (χ0v) is 13.1. The summed E-state index contributed by atoms with van der Waals surface area (Å²) in [4.78, 5) is 6.06. The van der Waals surface area contributed by atoms with Crippen molar-refractivity contribution in [1.29, 1.82) is 0 Å². The summed E-state index contributed by atoms with van der Waals surface area (Å²) in [5, 5.41) is 4.60. The first kappa shape index (κ1) is 15.6. The lowest BCUT2D eigenvalue weighted by atomic mass is 10.2. The molecule has 0 aliphatic rings. The minimum atomic E-state index is 0.115. The summed E-state index contributed by atoms with van der Waals surface area (Å²) in [6.07, 6.45) is 1.11. The third kappa shape index (κ3) is 4.67. The van der Waals surface area contributed by atoms with Crippen LogP contribution < -0.4 is 5.32 Å². The number of hydrogen-bond acceptors (Lipinski definition) is 4. The fourth-order valence-electron chi connectivity index (χ4n) is 1.79. The van der Waals surface area contributed by atoms with Crippen LogP contribution in [0.15, 0.2) is 0 Å². The SMILES string of the molecule is CCOC(C)c1nc(CC)c(CNCC(C)C)s1. The van der Waals surface area contributed by atoms with Gasteiger partial charge in [-0.2, -0.15) is 0 Å². The van der Waals surface area contributed by atoms with Crippen molar-refractivity contribution in [1.82, 2.24) is 10.3 Å². The highest BCUT2D eigenvalue weighted by Gasteiger charge is 2.14. The summed E-state index contributed by atoms with van der Waals surface area (Å²) >= 11 is 1.79. The first-order chi connectivity index (χ1) is 8.58.